The third-order valence-electron chi connectivity index (χ3n) is 3.11. The Morgan fingerprint density at radius 3 is 2.90 bits per heavy atom. The van der Waals surface area contributed by atoms with Crippen LogP contribution in [0.1, 0.15) is 30.6 Å². The van der Waals surface area contributed by atoms with Crippen LogP contribution >= 0.6 is 11.6 Å². The molecule has 0 aliphatic heterocycles. The summed E-state index contributed by atoms with van der Waals surface area (Å²) in [5.74, 6) is 0.0401. The molecule has 6 heteroatoms. The second-order valence-corrected chi connectivity index (χ2v) is 4.85. The Hall–Kier alpha value is -1.59. The van der Waals surface area contributed by atoms with E-state index in [0.29, 0.717) is 23.6 Å². The molecule has 1 heterocycles. The maximum atomic E-state index is 14.1. The van der Waals surface area contributed by atoms with Gasteiger partial charge in [0.1, 0.15) is 11.5 Å². The first-order valence-electron chi connectivity index (χ1n) is 6.39. The number of benzene rings is 1. The number of aryl methyl sites for hydroxylation is 1. The van der Waals surface area contributed by atoms with Crippen LogP contribution in [0.4, 0.5) is 4.39 Å². The topological polar surface area (TPSA) is 53.1 Å². The highest BCUT2D eigenvalue weighted by Crippen LogP contribution is 2.31. The van der Waals surface area contributed by atoms with Gasteiger partial charge in [0.25, 0.3) is 0 Å². The quantitative estimate of drug-likeness (QED) is 0.922. The molecule has 0 aliphatic carbocycles. The maximum absolute atomic E-state index is 14.1. The Bertz CT molecular complexity index is 600. The van der Waals surface area contributed by atoms with E-state index < -0.39 is 11.9 Å². The number of nitrogens with zero attached hydrogens (tertiary/aromatic N) is 2. The van der Waals surface area contributed by atoms with Gasteiger partial charge in [0.2, 0.25) is 0 Å². The summed E-state index contributed by atoms with van der Waals surface area (Å²) < 4.78 is 21.1. The van der Waals surface area contributed by atoms with E-state index in [1.54, 1.807) is 23.0 Å². The molecule has 0 saturated heterocycles. The molecule has 0 aliphatic rings. The Kier molecular flexibility index (Phi) is 4.62. The molecular weight excluding hydrogens is 281 g/mol. The fourth-order valence-electron chi connectivity index (χ4n) is 2.15. The van der Waals surface area contributed by atoms with E-state index in [-0.39, 0.29) is 5.02 Å². The molecule has 1 aromatic carbocycles. The molecule has 4 nitrogen and oxygen atoms in total. The largest absolute Gasteiger partial charge is 0.493 e. The minimum absolute atomic E-state index is 0.0541. The van der Waals surface area contributed by atoms with Crippen LogP contribution in [0.2, 0.25) is 5.02 Å². The standard InChI is InChI=1S/C14H17ClFN3O/c1-3-7-19-14(11(20-2)8-18-19)13(17)9-5-4-6-10(15)12(9)16/h4-6,8,13H,3,7,17H2,1-2H3. The van der Waals surface area contributed by atoms with Crippen molar-refractivity contribution in [2.75, 3.05) is 7.11 Å². The number of hydrogen-bond donors (Lipinski definition) is 1. The first-order valence-corrected chi connectivity index (χ1v) is 6.77. The second kappa shape index (κ2) is 6.24. The molecule has 2 aromatic rings. The zero-order valence-electron chi connectivity index (χ0n) is 11.4. The van der Waals surface area contributed by atoms with Gasteiger partial charge in [0, 0.05) is 12.1 Å². The molecule has 1 aromatic heterocycles. The summed E-state index contributed by atoms with van der Waals surface area (Å²) >= 11 is 5.81. The van der Waals surface area contributed by atoms with E-state index in [0.717, 1.165) is 6.42 Å². The average molecular weight is 298 g/mol. The van der Waals surface area contributed by atoms with Gasteiger partial charge in [-0.2, -0.15) is 5.10 Å². The molecule has 2 N–H and O–H groups in total. The van der Waals surface area contributed by atoms with Crippen molar-refractivity contribution < 1.29 is 9.13 Å². The Balaban J connectivity index is 2.49. The minimum Gasteiger partial charge on any atom is -0.493 e. The molecule has 0 bridgehead atoms. The van der Waals surface area contributed by atoms with Crippen molar-refractivity contribution in [3.05, 3.63) is 46.5 Å². The monoisotopic (exact) mass is 297 g/mol. The molecule has 1 atom stereocenters. The average Bonchev–Trinajstić information content (AvgIpc) is 2.84. The lowest BCUT2D eigenvalue weighted by Crippen LogP contribution is -2.19. The fraction of sp³-hybridized carbons (Fsp3) is 0.357. The van der Waals surface area contributed by atoms with Gasteiger partial charge in [-0.15, -0.1) is 0 Å². The summed E-state index contributed by atoms with van der Waals surface area (Å²) in [7, 11) is 1.54. The second-order valence-electron chi connectivity index (χ2n) is 4.44. The molecule has 0 spiro atoms. The van der Waals surface area contributed by atoms with Crippen molar-refractivity contribution in [3.8, 4) is 5.75 Å². The summed E-state index contributed by atoms with van der Waals surface area (Å²) in [6, 6.07) is 4.10. The van der Waals surface area contributed by atoms with Gasteiger partial charge in [-0.1, -0.05) is 30.7 Å². The lowest BCUT2D eigenvalue weighted by molar-refractivity contribution is 0.403. The smallest absolute Gasteiger partial charge is 0.161 e. The van der Waals surface area contributed by atoms with Crippen molar-refractivity contribution in [1.82, 2.24) is 9.78 Å². The molecule has 0 saturated carbocycles. The van der Waals surface area contributed by atoms with Crippen LogP contribution in [-0.4, -0.2) is 16.9 Å². The highest BCUT2D eigenvalue weighted by molar-refractivity contribution is 6.30. The van der Waals surface area contributed by atoms with E-state index >= 15 is 0 Å². The van der Waals surface area contributed by atoms with E-state index in [2.05, 4.69) is 5.10 Å². The van der Waals surface area contributed by atoms with E-state index in [1.807, 2.05) is 6.92 Å². The lowest BCUT2D eigenvalue weighted by atomic mass is 10.0. The highest BCUT2D eigenvalue weighted by Gasteiger charge is 2.23. The minimum atomic E-state index is -0.683. The van der Waals surface area contributed by atoms with Crippen molar-refractivity contribution in [2.24, 2.45) is 5.73 Å². The molecule has 108 valence electrons. The summed E-state index contributed by atoms with van der Waals surface area (Å²) in [6.07, 6.45) is 2.48. The molecule has 20 heavy (non-hydrogen) atoms. The van der Waals surface area contributed by atoms with Crippen LogP contribution in [0.15, 0.2) is 24.4 Å². The summed E-state index contributed by atoms with van der Waals surface area (Å²) in [5.41, 5.74) is 7.17. The number of hydrogen-bond acceptors (Lipinski definition) is 3. The first kappa shape index (κ1) is 14.8. The Morgan fingerprint density at radius 2 is 2.25 bits per heavy atom. The predicted molar refractivity (Wildman–Crippen MR) is 76.5 cm³/mol. The van der Waals surface area contributed by atoms with Crippen LogP contribution in [0.3, 0.4) is 0 Å². The summed E-state index contributed by atoms with van der Waals surface area (Å²) in [4.78, 5) is 0. The van der Waals surface area contributed by atoms with E-state index in [4.69, 9.17) is 22.1 Å². The zero-order valence-corrected chi connectivity index (χ0v) is 12.2. The number of nitrogens with two attached hydrogens (primary N) is 1. The van der Waals surface area contributed by atoms with Gasteiger partial charge >= 0.3 is 0 Å². The van der Waals surface area contributed by atoms with Gasteiger partial charge in [-0.3, -0.25) is 4.68 Å². The van der Waals surface area contributed by atoms with Crippen LogP contribution in [0.25, 0.3) is 0 Å². The van der Waals surface area contributed by atoms with Crippen LogP contribution in [0.5, 0.6) is 5.75 Å². The third-order valence-corrected chi connectivity index (χ3v) is 3.40. The molecule has 1 unspecified atom stereocenters. The van der Waals surface area contributed by atoms with Gasteiger partial charge in [-0.05, 0) is 12.5 Å². The first-order chi connectivity index (χ1) is 9.60. The normalized spacial score (nSPS) is 12.4. The van der Waals surface area contributed by atoms with Crippen molar-refractivity contribution in [3.63, 3.8) is 0 Å². The predicted octanol–water partition coefficient (Wildman–Crippen LogP) is 3.14. The van der Waals surface area contributed by atoms with Crippen LogP contribution < -0.4 is 10.5 Å². The zero-order chi connectivity index (χ0) is 14.7. The maximum Gasteiger partial charge on any atom is 0.161 e. The molecule has 0 fully saturated rings. The Morgan fingerprint density at radius 1 is 1.50 bits per heavy atom. The van der Waals surface area contributed by atoms with Crippen LogP contribution in [-0.2, 0) is 6.54 Å². The molecule has 0 radical (unpaired) electrons. The van der Waals surface area contributed by atoms with Gasteiger partial charge in [-0.25, -0.2) is 4.39 Å². The van der Waals surface area contributed by atoms with Crippen molar-refractivity contribution in [2.45, 2.75) is 25.9 Å². The highest BCUT2D eigenvalue weighted by atomic mass is 35.5. The molecule has 0 amide bonds. The number of ether oxygens (including phenoxy) is 1. The van der Waals surface area contributed by atoms with Crippen LogP contribution in [0, 0.1) is 5.82 Å². The lowest BCUT2D eigenvalue weighted by Gasteiger charge is -2.17. The summed E-state index contributed by atoms with van der Waals surface area (Å²) in [5, 5.41) is 4.29. The number of aromatic nitrogens is 2. The van der Waals surface area contributed by atoms with Gasteiger partial charge in [0.05, 0.1) is 24.4 Å². The number of halogens is 2. The SMILES string of the molecule is CCCn1ncc(OC)c1C(N)c1cccc(Cl)c1F. The molecular formula is C14H17ClFN3O. The van der Waals surface area contributed by atoms with E-state index in [9.17, 15) is 4.39 Å². The number of methoxy groups -OCH3 is 1. The molecule has 2 rings (SSSR count). The van der Waals surface area contributed by atoms with Crippen molar-refractivity contribution in [1.29, 1.82) is 0 Å². The third kappa shape index (κ3) is 2.64. The van der Waals surface area contributed by atoms with Gasteiger partial charge in [0.15, 0.2) is 5.75 Å². The Labute approximate surface area is 122 Å². The van der Waals surface area contributed by atoms with Crippen molar-refractivity contribution >= 4 is 11.6 Å². The fourth-order valence-corrected chi connectivity index (χ4v) is 2.33. The van der Waals surface area contributed by atoms with E-state index in [1.165, 1.54) is 13.2 Å². The summed E-state index contributed by atoms with van der Waals surface area (Å²) in [6.45, 7) is 2.72. The van der Waals surface area contributed by atoms with Gasteiger partial charge < -0.3 is 10.5 Å². The number of rotatable bonds is 5.